The fourth-order valence-electron chi connectivity index (χ4n) is 0.539. The van der Waals surface area contributed by atoms with Crippen molar-refractivity contribution in [3.05, 3.63) is 11.8 Å². The minimum atomic E-state index is -0.318. The van der Waals surface area contributed by atoms with E-state index in [-0.39, 0.29) is 12.2 Å². The summed E-state index contributed by atoms with van der Waals surface area (Å²) in [7, 11) is 1.80. The van der Waals surface area contributed by atoms with Crippen LogP contribution in [0.5, 0.6) is 0 Å². The molecule has 0 aliphatic rings. The minimum absolute atomic E-state index is 0.0390. The number of likely N-dealkylation sites (N-methyl/N-ethyl adjacent to an activating group) is 1. The smallest absolute Gasteiger partial charge is 0.293 e. The van der Waals surface area contributed by atoms with Crippen LogP contribution in [-0.4, -0.2) is 37.4 Å². The second-order valence-corrected chi connectivity index (χ2v) is 3.84. The monoisotopic (exact) mass is 218 g/mol. The number of carbonyl (C=O) groups excluding carboxylic acids is 1. The van der Waals surface area contributed by atoms with Crippen LogP contribution in [0.2, 0.25) is 0 Å². The van der Waals surface area contributed by atoms with Crippen molar-refractivity contribution < 1.29 is 14.6 Å². The van der Waals surface area contributed by atoms with Crippen LogP contribution in [0.3, 0.4) is 0 Å². The van der Waals surface area contributed by atoms with Crippen LogP contribution in [0.25, 0.3) is 0 Å². The van der Waals surface area contributed by atoms with Crippen LogP contribution in [0.4, 0.5) is 0 Å². The van der Waals surface area contributed by atoms with Gasteiger partial charge in [-0.25, -0.2) is 0 Å². The van der Waals surface area contributed by atoms with Crippen molar-refractivity contribution in [2.24, 2.45) is 5.73 Å². The molecule has 0 aromatic rings. The molecule has 0 unspecified atom stereocenters. The van der Waals surface area contributed by atoms with Crippen LogP contribution in [0.1, 0.15) is 20.8 Å². The third-order valence-corrected chi connectivity index (χ3v) is 1.24. The van der Waals surface area contributed by atoms with Crippen molar-refractivity contribution in [2.45, 2.75) is 26.4 Å². The maximum absolute atomic E-state index is 9.60. The van der Waals surface area contributed by atoms with Crippen molar-refractivity contribution in [3.8, 4) is 0 Å². The molecule has 0 fully saturated rings. The second kappa shape index (κ2) is 9.48. The number of rotatable bonds is 4. The SMILES string of the molecule is CC(C)(C)OC=O.CNC/C(=C\N)CO. The first-order chi connectivity index (χ1) is 6.91. The topological polar surface area (TPSA) is 84.6 Å². The molecular formula is C10H22N2O3. The summed E-state index contributed by atoms with van der Waals surface area (Å²) in [4.78, 5) is 9.60. The highest BCUT2D eigenvalue weighted by Crippen LogP contribution is 2.02. The predicted octanol–water partition coefficient (Wildman–Crippen LogP) is -0.00140. The van der Waals surface area contributed by atoms with Crippen LogP contribution >= 0.6 is 0 Å². The van der Waals surface area contributed by atoms with Crippen LogP contribution in [0, 0.1) is 0 Å². The fourth-order valence-corrected chi connectivity index (χ4v) is 0.539. The van der Waals surface area contributed by atoms with E-state index in [2.05, 4.69) is 10.1 Å². The number of hydrogen-bond donors (Lipinski definition) is 3. The Bertz CT molecular complexity index is 186. The van der Waals surface area contributed by atoms with Crippen LogP contribution in [0.15, 0.2) is 11.8 Å². The van der Waals surface area contributed by atoms with Gasteiger partial charge >= 0.3 is 0 Å². The molecule has 0 aliphatic carbocycles. The Labute approximate surface area is 91.3 Å². The Hall–Kier alpha value is -1.07. The second-order valence-electron chi connectivity index (χ2n) is 3.84. The third-order valence-electron chi connectivity index (χ3n) is 1.24. The zero-order chi connectivity index (χ0) is 12.3. The highest BCUT2D eigenvalue weighted by atomic mass is 16.5. The van der Waals surface area contributed by atoms with Crippen LogP contribution < -0.4 is 11.1 Å². The van der Waals surface area contributed by atoms with Gasteiger partial charge in [0.25, 0.3) is 6.47 Å². The lowest BCUT2D eigenvalue weighted by Crippen LogP contribution is -2.17. The average molecular weight is 218 g/mol. The van der Waals surface area contributed by atoms with Gasteiger partial charge in [0.15, 0.2) is 0 Å². The molecule has 0 saturated carbocycles. The summed E-state index contributed by atoms with van der Waals surface area (Å²) in [5, 5.41) is 11.3. The van der Waals surface area contributed by atoms with Crippen molar-refractivity contribution in [1.29, 1.82) is 0 Å². The Morgan fingerprint density at radius 1 is 1.53 bits per heavy atom. The highest BCUT2D eigenvalue weighted by molar-refractivity contribution is 5.37. The molecule has 4 N–H and O–H groups in total. The van der Waals surface area contributed by atoms with E-state index in [1.54, 1.807) is 7.05 Å². The van der Waals surface area contributed by atoms with Gasteiger partial charge in [-0.1, -0.05) is 0 Å². The van der Waals surface area contributed by atoms with E-state index >= 15 is 0 Å². The molecule has 0 aromatic carbocycles. The molecule has 15 heavy (non-hydrogen) atoms. The molecule has 0 rings (SSSR count). The molecule has 0 atom stereocenters. The van der Waals surface area contributed by atoms with Gasteiger partial charge in [-0.2, -0.15) is 0 Å². The summed E-state index contributed by atoms with van der Waals surface area (Å²) in [5.41, 5.74) is 5.60. The molecule has 0 aliphatic heterocycles. The van der Waals surface area contributed by atoms with Gasteiger partial charge in [0, 0.05) is 6.54 Å². The molecule has 0 spiro atoms. The quantitative estimate of drug-likeness (QED) is 0.578. The van der Waals surface area contributed by atoms with Gasteiger partial charge in [0.05, 0.1) is 6.61 Å². The Balaban J connectivity index is 0. The zero-order valence-electron chi connectivity index (χ0n) is 9.91. The van der Waals surface area contributed by atoms with E-state index in [0.717, 1.165) is 5.57 Å². The molecule has 0 amide bonds. The number of aliphatic hydroxyl groups excluding tert-OH is 1. The Morgan fingerprint density at radius 2 is 2.07 bits per heavy atom. The van der Waals surface area contributed by atoms with E-state index in [4.69, 9.17) is 10.8 Å². The molecule has 5 nitrogen and oxygen atoms in total. The van der Waals surface area contributed by atoms with E-state index < -0.39 is 0 Å². The number of nitrogens with one attached hydrogen (secondary N) is 1. The highest BCUT2D eigenvalue weighted by Gasteiger charge is 2.07. The summed E-state index contributed by atoms with van der Waals surface area (Å²) in [6.45, 7) is 6.62. The number of ether oxygens (including phenoxy) is 1. The molecule has 0 heterocycles. The van der Waals surface area contributed by atoms with Crippen LogP contribution in [-0.2, 0) is 9.53 Å². The van der Waals surface area contributed by atoms with Gasteiger partial charge in [-0.15, -0.1) is 0 Å². The molecule has 0 aromatic heterocycles. The van der Waals surface area contributed by atoms with Gasteiger partial charge in [-0.05, 0) is 39.6 Å². The summed E-state index contributed by atoms with van der Waals surface area (Å²) >= 11 is 0. The van der Waals surface area contributed by atoms with Crippen molar-refractivity contribution in [3.63, 3.8) is 0 Å². The van der Waals surface area contributed by atoms with Crippen molar-refractivity contribution in [1.82, 2.24) is 5.32 Å². The summed E-state index contributed by atoms with van der Waals surface area (Å²) in [6, 6.07) is 0. The van der Waals surface area contributed by atoms with Crippen molar-refractivity contribution in [2.75, 3.05) is 20.2 Å². The lowest BCUT2D eigenvalue weighted by atomic mass is 10.2. The first kappa shape index (κ1) is 16.4. The average Bonchev–Trinajstić information content (AvgIpc) is 2.13. The minimum Gasteiger partial charge on any atom is -0.462 e. The molecule has 0 bridgehead atoms. The number of nitrogens with two attached hydrogens (primary N) is 1. The van der Waals surface area contributed by atoms with E-state index in [1.165, 1.54) is 6.20 Å². The molecule has 0 saturated heterocycles. The maximum Gasteiger partial charge on any atom is 0.293 e. The number of carbonyl (C=O) groups is 1. The third kappa shape index (κ3) is 15.7. The van der Waals surface area contributed by atoms with Crippen molar-refractivity contribution >= 4 is 6.47 Å². The largest absolute Gasteiger partial charge is 0.462 e. The fraction of sp³-hybridized carbons (Fsp3) is 0.700. The number of aliphatic hydroxyl groups is 1. The lowest BCUT2D eigenvalue weighted by molar-refractivity contribution is -0.138. The van der Waals surface area contributed by atoms with Gasteiger partial charge < -0.3 is 20.9 Å². The molecule has 5 heteroatoms. The first-order valence-electron chi connectivity index (χ1n) is 4.67. The zero-order valence-corrected chi connectivity index (χ0v) is 9.91. The summed E-state index contributed by atoms with van der Waals surface area (Å²) in [5.74, 6) is 0. The predicted molar refractivity (Wildman–Crippen MR) is 60.2 cm³/mol. The first-order valence-corrected chi connectivity index (χ1v) is 4.67. The standard InChI is InChI=1S/C5H12N2O.C5H10O2/c1-7-3-5(2-6)4-8;1-5(2,3)7-4-6/h2,7-8H,3-4,6H2,1H3;4H,1-3H3/b5-2+;. The number of hydrogen-bond acceptors (Lipinski definition) is 5. The van der Waals surface area contributed by atoms with E-state index in [0.29, 0.717) is 13.0 Å². The van der Waals surface area contributed by atoms with E-state index in [1.807, 2.05) is 20.8 Å². The maximum atomic E-state index is 9.60. The van der Waals surface area contributed by atoms with Gasteiger partial charge in [0.2, 0.25) is 0 Å². The summed E-state index contributed by atoms with van der Waals surface area (Å²) in [6.07, 6.45) is 1.41. The van der Waals surface area contributed by atoms with Gasteiger partial charge in [-0.3, -0.25) is 4.79 Å². The summed E-state index contributed by atoms with van der Waals surface area (Å²) < 4.78 is 4.55. The van der Waals surface area contributed by atoms with Gasteiger partial charge in [0.1, 0.15) is 5.60 Å². The lowest BCUT2D eigenvalue weighted by Gasteiger charge is -2.14. The molecular weight excluding hydrogens is 196 g/mol. The normalized spacial score (nSPS) is 11.4. The Morgan fingerprint density at radius 3 is 2.13 bits per heavy atom. The van der Waals surface area contributed by atoms with E-state index in [9.17, 15) is 4.79 Å². The molecule has 0 radical (unpaired) electrons. The Kier molecular flexibility index (Phi) is 10.3. The molecule has 90 valence electrons.